The molecule has 0 aromatic carbocycles. The van der Waals surface area contributed by atoms with E-state index < -0.39 is 60.1 Å². The molecule has 0 bridgehead atoms. The normalized spacial score (nSPS) is 27.0. The number of rotatable bonds is 5. The van der Waals surface area contributed by atoms with E-state index in [9.17, 15) is 24.0 Å². The molecule has 2 heterocycles. The number of hydrogen-bond donors (Lipinski definition) is 1. The molecule has 0 radical (unpaired) electrons. The van der Waals surface area contributed by atoms with E-state index >= 15 is 4.39 Å². The fourth-order valence-electron chi connectivity index (χ4n) is 2.53. The first-order chi connectivity index (χ1) is 12.5. The van der Waals surface area contributed by atoms with Crippen LogP contribution in [0.4, 0.5) is 4.39 Å². The summed E-state index contributed by atoms with van der Waals surface area (Å²) in [4.78, 5) is 59.1. The Kier molecular flexibility index (Phi) is 5.78. The van der Waals surface area contributed by atoms with E-state index in [-0.39, 0.29) is 0 Å². The number of alkyl halides is 1. The minimum atomic E-state index is -2.92. The minimum Gasteiger partial charge on any atom is -0.460 e. The number of aromatic nitrogens is 2. The van der Waals surface area contributed by atoms with Crippen LogP contribution in [0.1, 0.15) is 27.0 Å². The van der Waals surface area contributed by atoms with Gasteiger partial charge < -0.3 is 18.9 Å². The monoisotopic (exact) mass is 388 g/mol. The number of nitrogens with zero attached hydrogens (tertiary/aromatic N) is 1. The second-order valence-electron chi connectivity index (χ2n) is 5.70. The third-order valence-electron chi connectivity index (χ3n) is 3.51. The Labute approximate surface area is 151 Å². The molecule has 1 saturated heterocycles. The summed E-state index contributed by atoms with van der Waals surface area (Å²) < 4.78 is 35.8. The first-order valence-corrected chi connectivity index (χ1v) is 7.69. The van der Waals surface area contributed by atoms with Gasteiger partial charge in [0.1, 0.15) is 0 Å². The van der Waals surface area contributed by atoms with Gasteiger partial charge in [0.2, 0.25) is 6.10 Å². The Morgan fingerprint density at radius 2 is 1.81 bits per heavy atom. The van der Waals surface area contributed by atoms with Crippen molar-refractivity contribution in [2.45, 2.75) is 45.1 Å². The molecule has 12 heteroatoms. The average molecular weight is 388 g/mol. The summed E-state index contributed by atoms with van der Waals surface area (Å²) in [6, 6.07) is 0.959. The molecule has 1 N–H and O–H groups in total. The molecule has 1 aliphatic heterocycles. The van der Waals surface area contributed by atoms with Gasteiger partial charge in [-0.2, -0.15) is 0 Å². The van der Waals surface area contributed by atoms with Crippen LogP contribution < -0.4 is 11.2 Å². The molecule has 1 aliphatic rings. The van der Waals surface area contributed by atoms with E-state index in [1.165, 1.54) is 0 Å². The number of H-pyrrole nitrogens is 1. The maximum atomic E-state index is 15.4. The Balaban J connectivity index is 2.51. The maximum absolute atomic E-state index is 15.4. The lowest BCUT2D eigenvalue weighted by molar-refractivity contribution is -0.223. The van der Waals surface area contributed by atoms with Crippen LogP contribution in [0, 0.1) is 0 Å². The van der Waals surface area contributed by atoms with Gasteiger partial charge in [-0.3, -0.25) is 28.7 Å². The molecule has 0 unspecified atom stereocenters. The van der Waals surface area contributed by atoms with Crippen LogP contribution in [0.25, 0.3) is 0 Å². The third-order valence-corrected chi connectivity index (χ3v) is 3.51. The highest BCUT2D eigenvalue weighted by Crippen LogP contribution is 2.41. The van der Waals surface area contributed by atoms with Crippen LogP contribution in [0.3, 0.4) is 0 Å². The Morgan fingerprint density at radius 3 is 2.33 bits per heavy atom. The van der Waals surface area contributed by atoms with E-state index in [0.29, 0.717) is 0 Å². The van der Waals surface area contributed by atoms with Gasteiger partial charge in [0.25, 0.3) is 11.4 Å². The SMILES string of the molecule is CC(=O)OC[C@@]1(F)O[C@@H](n2ccc(=O)[nH]c2=O)[C@H](OC(C)=O)[C@@H]1OC(C)=O. The van der Waals surface area contributed by atoms with Crippen molar-refractivity contribution < 1.29 is 37.7 Å². The Bertz CT molecular complexity index is 863. The van der Waals surface area contributed by atoms with Gasteiger partial charge >= 0.3 is 23.6 Å². The molecule has 148 valence electrons. The van der Waals surface area contributed by atoms with Gasteiger partial charge in [0.05, 0.1) is 0 Å². The molecule has 1 aromatic heterocycles. The first kappa shape index (κ1) is 20.3. The zero-order valence-electron chi connectivity index (χ0n) is 14.6. The van der Waals surface area contributed by atoms with Crippen LogP contribution in [-0.2, 0) is 33.3 Å². The summed E-state index contributed by atoms with van der Waals surface area (Å²) >= 11 is 0. The smallest absolute Gasteiger partial charge is 0.330 e. The first-order valence-electron chi connectivity index (χ1n) is 7.69. The quantitative estimate of drug-likeness (QED) is 0.504. The van der Waals surface area contributed by atoms with Crippen LogP contribution in [0.2, 0.25) is 0 Å². The van der Waals surface area contributed by atoms with Gasteiger partial charge in [0, 0.05) is 33.0 Å². The highest BCUT2D eigenvalue weighted by Gasteiger charge is 2.62. The van der Waals surface area contributed by atoms with Gasteiger partial charge in [-0.1, -0.05) is 0 Å². The summed E-state index contributed by atoms with van der Waals surface area (Å²) in [7, 11) is 0. The highest BCUT2D eigenvalue weighted by atomic mass is 19.2. The van der Waals surface area contributed by atoms with Crippen molar-refractivity contribution in [2.75, 3.05) is 6.61 Å². The fraction of sp³-hybridized carbons (Fsp3) is 0.533. The van der Waals surface area contributed by atoms with Crippen molar-refractivity contribution in [1.29, 1.82) is 0 Å². The van der Waals surface area contributed by atoms with Crippen LogP contribution in [0.15, 0.2) is 21.9 Å². The molecule has 11 nitrogen and oxygen atoms in total. The van der Waals surface area contributed by atoms with Gasteiger partial charge in [-0.05, 0) is 0 Å². The van der Waals surface area contributed by atoms with Crippen LogP contribution >= 0.6 is 0 Å². The number of halogens is 1. The fourth-order valence-corrected chi connectivity index (χ4v) is 2.53. The molecule has 27 heavy (non-hydrogen) atoms. The van der Waals surface area contributed by atoms with Crippen molar-refractivity contribution in [2.24, 2.45) is 0 Å². The Morgan fingerprint density at radius 1 is 1.19 bits per heavy atom. The lowest BCUT2D eigenvalue weighted by atomic mass is 10.1. The predicted octanol–water partition coefficient (Wildman–Crippen LogP) is -0.842. The van der Waals surface area contributed by atoms with Gasteiger partial charge in [-0.15, -0.1) is 0 Å². The lowest BCUT2D eigenvalue weighted by Crippen LogP contribution is -2.47. The molecule has 0 spiro atoms. The van der Waals surface area contributed by atoms with E-state index in [2.05, 4.69) is 4.74 Å². The Hall–Kier alpha value is -3.02. The van der Waals surface area contributed by atoms with Crippen LogP contribution in [0.5, 0.6) is 0 Å². The third kappa shape index (κ3) is 4.58. The zero-order valence-corrected chi connectivity index (χ0v) is 14.6. The van der Waals surface area contributed by atoms with Crippen molar-refractivity contribution in [3.05, 3.63) is 33.1 Å². The molecule has 0 amide bonds. The molecule has 0 aliphatic carbocycles. The van der Waals surface area contributed by atoms with E-state index in [0.717, 1.165) is 37.6 Å². The van der Waals surface area contributed by atoms with Crippen molar-refractivity contribution >= 4 is 17.9 Å². The number of hydrogen-bond acceptors (Lipinski definition) is 9. The molecule has 0 saturated carbocycles. The zero-order chi connectivity index (χ0) is 20.4. The number of aromatic amines is 1. The summed E-state index contributed by atoms with van der Waals surface area (Å²) in [5.74, 6) is -5.57. The highest BCUT2D eigenvalue weighted by molar-refractivity contribution is 5.68. The van der Waals surface area contributed by atoms with Gasteiger partial charge in [0.15, 0.2) is 18.9 Å². The number of ether oxygens (including phenoxy) is 4. The van der Waals surface area contributed by atoms with Crippen molar-refractivity contribution in [3.63, 3.8) is 0 Å². The van der Waals surface area contributed by atoms with E-state index in [4.69, 9.17) is 14.2 Å². The lowest BCUT2D eigenvalue weighted by Gasteiger charge is -2.26. The minimum absolute atomic E-state index is 0.721. The number of esters is 3. The molecule has 1 aromatic rings. The summed E-state index contributed by atoms with van der Waals surface area (Å²) in [6.45, 7) is 2.03. The average Bonchev–Trinajstić information content (AvgIpc) is 2.78. The predicted molar refractivity (Wildman–Crippen MR) is 83.0 cm³/mol. The molecule has 2 rings (SSSR count). The molecule has 4 atom stereocenters. The summed E-state index contributed by atoms with van der Waals surface area (Å²) in [5.41, 5.74) is -1.70. The molecule has 1 fully saturated rings. The second-order valence-corrected chi connectivity index (χ2v) is 5.70. The van der Waals surface area contributed by atoms with Crippen molar-refractivity contribution in [1.82, 2.24) is 9.55 Å². The number of carbonyl (C=O) groups is 3. The van der Waals surface area contributed by atoms with E-state index in [1.807, 2.05) is 4.98 Å². The van der Waals surface area contributed by atoms with Crippen LogP contribution in [-0.4, -0.2) is 52.1 Å². The number of carbonyl (C=O) groups excluding carboxylic acids is 3. The van der Waals surface area contributed by atoms with Gasteiger partial charge in [-0.25, -0.2) is 9.18 Å². The summed E-state index contributed by atoms with van der Waals surface area (Å²) in [6.07, 6.45) is -4.06. The van der Waals surface area contributed by atoms with Crippen molar-refractivity contribution in [3.8, 4) is 0 Å². The number of nitrogens with one attached hydrogen (secondary N) is 1. The second kappa shape index (κ2) is 7.70. The summed E-state index contributed by atoms with van der Waals surface area (Å²) in [5, 5.41) is 0. The van der Waals surface area contributed by atoms with E-state index in [1.54, 1.807) is 0 Å². The molecular formula is C15H17FN2O9. The standard InChI is InChI=1S/C15H17FN2O9/c1-7(19)24-6-15(16)12(26-9(3)21)11(25-8(2)20)13(27-15)18-5-4-10(22)17-14(18)23/h4-5,11-13H,6H2,1-3H3,(H,17,22,23)/t11-,12+,13-,15-/m1/s1. The largest absolute Gasteiger partial charge is 0.460 e. The maximum Gasteiger partial charge on any atom is 0.330 e. The topological polar surface area (TPSA) is 143 Å². The molecular weight excluding hydrogens is 371 g/mol.